The number of nitrogens with one attached hydrogen (secondary N) is 2. The van der Waals surface area contributed by atoms with Crippen LogP contribution >= 0.6 is 0 Å². The van der Waals surface area contributed by atoms with Crippen LogP contribution in [0.5, 0.6) is 11.5 Å². The molecule has 5 heterocycles. The zero-order chi connectivity index (χ0) is 26.2. The van der Waals surface area contributed by atoms with Gasteiger partial charge in [0.25, 0.3) is 0 Å². The Hall–Kier alpha value is -4.83. The molecular formula is C28H24FN7O2. The lowest BCUT2D eigenvalue weighted by Gasteiger charge is -2.12. The quantitative estimate of drug-likeness (QED) is 0.277. The van der Waals surface area contributed by atoms with E-state index in [-0.39, 0.29) is 11.6 Å². The summed E-state index contributed by atoms with van der Waals surface area (Å²) in [6.45, 7) is 1.18. The van der Waals surface area contributed by atoms with Gasteiger partial charge in [-0.05, 0) is 67.7 Å². The number of fused-ring (bicyclic) bond motifs is 2. The van der Waals surface area contributed by atoms with E-state index in [0.29, 0.717) is 51.7 Å². The van der Waals surface area contributed by atoms with Crippen LogP contribution in [0.2, 0.25) is 0 Å². The number of pyridine rings is 3. The average molecular weight is 510 g/mol. The highest BCUT2D eigenvalue weighted by Crippen LogP contribution is 2.35. The van der Waals surface area contributed by atoms with Crippen LogP contribution in [0.1, 0.15) is 0 Å². The van der Waals surface area contributed by atoms with Crippen molar-refractivity contribution in [1.29, 1.82) is 0 Å². The van der Waals surface area contributed by atoms with Crippen molar-refractivity contribution in [1.82, 2.24) is 35.0 Å². The van der Waals surface area contributed by atoms with Gasteiger partial charge >= 0.3 is 0 Å². The Morgan fingerprint density at radius 1 is 1.03 bits per heavy atom. The maximum atomic E-state index is 14.5. The van der Waals surface area contributed by atoms with Gasteiger partial charge in [-0.1, -0.05) is 0 Å². The molecule has 38 heavy (non-hydrogen) atoms. The summed E-state index contributed by atoms with van der Waals surface area (Å²) in [5, 5.41) is 18.2. The van der Waals surface area contributed by atoms with Gasteiger partial charge in [0.15, 0.2) is 0 Å². The first kappa shape index (κ1) is 23.6. The minimum absolute atomic E-state index is 0.0645. The molecule has 0 spiro atoms. The monoisotopic (exact) mass is 509 g/mol. The molecule has 6 aromatic rings. The third-order valence-corrected chi connectivity index (χ3v) is 6.20. The number of rotatable bonds is 7. The van der Waals surface area contributed by atoms with E-state index in [1.54, 1.807) is 18.5 Å². The van der Waals surface area contributed by atoms with Crippen LogP contribution in [0, 0.1) is 5.82 Å². The average Bonchev–Trinajstić information content (AvgIpc) is 3.51. The van der Waals surface area contributed by atoms with E-state index in [0.717, 1.165) is 23.0 Å². The number of aromatic amines is 2. The molecule has 0 fully saturated rings. The van der Waals surface area contributed by atoms with Gasteiger partial charge in [-0.3, -0.25) is 10.1 Å². The fourth-order valence-corrected chi connectivity index (χ4v) is 4.37. The van der Waals surface area contributed by atoms with Gasteiger partial charge in [0.1, 0.15) is 40.8 Å². The molecule has 0 aliphatic carbocycles. The highest BCUT2D eigenvalue weighted by Gasteiger charge is 2.17. The van der Waals surface area contributed by atoms with Crippen molar-refractivity contribution in [3.63, 3.8) is 0 Å². The van der Waals surface area contributed by atoms with Gasteiger partial charge < -0.3 is 19.7 Å². The molecule has 0 unspecified atom stereocenters. The summed E-state index contributed by atoms with van der Waals surface area (Å²) in [5.74, 6) is 0.160. The molecule has 10 heteroatoms. The summed E-state index contributed by atoms with van der Waals surface area (Å²) in [6, 6.07) is 13.8. The molecule has 1 aromatic carbocycles. The second kappa shape index (κ2) is 9.56. The maximum Gasteiger partial charge on any atom is 0.138 e. The number of benzene rings is 1. The van der Waals surface area contributed by atoms with Gasteiger partial charge in [-0.15, -0.1) is 0 Å². The highest BCUT2D eigenvalue weighted by atomic mass is 19.1. The van der Waals surface area contributed by atoms with Crippen molar-refractivity contribution in [2.24, 2.45) is 0 Å². The van der Waals surface area contributed by atoms with E-state index in [1.807, 2.05) is 49.3 Å². The molecule has 0 atom stereocenters. The zero-order valence-electron chi connectivity index (χ0n) is 20.7. The number of hydrogen-bond donors (Lipinski definition) is 3. The van der Waals surface area contributed by atoms with Gasteiger partial charge in [0.05, 0.1) is 23.1 Å². The van der Waals surface area contributed by atoms with Crippen molar-refractivity contribution in [2.45, 2.75) is 0 Å². The lowest BCUT2D eigenvalue weighted by atomic mass is 10.0. The van der Waals surface area contributed by atoms with Crippen LogP contribution in [-0.2, 0) is 0 Å². The van der Waals surface area contributed by atoms with Crippen LogP contribution in [0.4, 0.5) is 4.39 Å². The van der Waals surface area contributed by atoms with Gasteiger partial charge in [-0.25, -0.2) is 14.4 Å². The Labute approximate surface area is 217 Å². The van der Waals surface area contributed by atoms with Gasteiger partial charge in [0.2, 0.25) is 0 Å². The molecule has 0 radical (unpaired) electrons. The van der Waals surface area contributed by atoms with E-state index >= 15 is 0 Å². The molecular weight excluding hydrogens is 485 g/mol. The second-order valence-electron chi connectivity index (χ2n) is 9.23. The van der Waals surface area contributed by atoms with Crippen LogP contribution in [0.25, 0.3) is 55.8 Å². The molecule has 0 amide bonds. The van der Waals surface area contributed by atoms with E-state index < -0.39 is 0 Å². The molecule has 0 saturated carbocycles. The number of halogens is 1. The van der Waals surface area contributed by atoms with E-state index in [4.69, 9.17) is 9.72 Å². The smallest absolute Gasteiger partial charge is 0.138 e. The molecule has 190 valence electrons. The number of likely N-dealkylation sites (N-methyl/N-ethyl adjacent to an activating group) is 1. The largest absolute Gasteiger partial charge is 0.506 e. The SMILES string of the molecule is CN(C)CCOc1cc(F)cc(-c2ccnc3[nH]c(-c4n[nH]c5ccc(-c6cncc(O)c6)nc45)cc23)c1. The van der Waals surface area contributed by atoms with E-state index in [2.05, 4.69) is 25.1 Å². The number of nitrogens with zero attached hydrogens (tertiary/aromatic N) is 5. The molecule has 0 aliphatic heterocycles. The molecule has 5 aromatic heterocycles. The standard InChI is InChI=1S/C28H24FN7O2/c1-36(2)7-8-38-20-11-16(9-18(29)12-20)21-5-6-31-28-22(21)13-25(33-28)27-26-24(34-35-27)4-3-23(32-26)17-10-19(37)15-30-14-17/h3-6,9-15,37H,7-8H2,1-2H3,(H,31,33)(H,34,35). The molecule has 0 aliphatic rings. The zero-order valence-corrected chi connectivity index (χ0v) is 20.7. The minimum atomic E-state index is -0.375. The normalized spacial score (nSPS) is 11.6. The Bertz CT molecular complexity index is 1780. The minimum Gasteiger partial charge on any atom is -0.506 e. The lowest BCUT2D eigenvalue weighted by molar-refractivity contribution is 0.260. The van der Waals surface area contributed by atoms with Crippen molar-refractivity contribution in [2.75, 3.05) is 27.2 Å². The summed E-state index contributed by atoms with van der Waals surface area (Å²) >= 11 is 0. The van der Waals surface area contributed by atoms with E-state index in [9.17, 15) is 9.50 Å². The first-order valence-electron chi connectivity index (χ1n) is 12.0. The molecule has 0 saturated heterocycles. The first-order valence-corrected chi connectivity index (χ1v) is 12.0. The molecule has 9 nitrogen and oxygen atoms in total. The van der Waals surface area contributed by atoms with Gasteiger partial charge in [0, 0.05) is 36.0 Å². The third kappa shape index (κ3) is 4.53. The molecule has 0 bridgehead atoms. The summed E-state index contributed by atoms with van der Waals surface area (Å²) < 4.78 is 20.3. The van der Waals surface area contributed by atoms with Crippen molar-refractivity contribution < 1.29 is 14.2 Å². The molecule has 6 rings (SSSR count). The van der Waals surface area contributed by atoms with E-state index in [1.165, 1.54) is 18.3 Å². The van der Waals surface area contributed by atoms with Crippen LogP contribution < -0.4 is 4.74 Å². The maximum absolute atomic E-state index is 14.5. The third-order valence-electron chi connectivity index (χ3n) is 6.20. The fourth-order valence-electron chi connectivity index (χ4n) is 4.37. The Morgan fingerprint density at radius 2 is 1.92 bits per heavy atom. The fraction of sp³-hybridized carbons (Fsp3) is 0.143. The van der Waals surface area contributed by atoms with Gasteiger partial charge in [-0.2, -0.15) is 5.10 Å². The Balaban J connectivity index is 1.40. The lowest BCUT2D eigenvalue weighted by Crippen LogP contribution is -2.19. The van der Waals surface area contributed by atoms with Crippen molar-refractivity contribution in [3.8, 4) is 45.3 Å². The topological polar surface area (TPSA) is 116 Å². The van der Waals surface area contributed by atoms with Crippen molar-refractivity contribution in [3.05, 3.63) is 72.9 Å². The molecule has 3 N–H and O–H groups in total. The summed E-state index contributed by atoms with van der Waals surface area (Å²) in [6.07, 6.45) is 4.70. The van der Waals surface area contributed by atoms with Crippen LogP contribution in [0.3, 0.4) is 0 Å². The number of hydrogen-bond acceptors (Lipinski definition) is 7. The van der Waals surface area contributed by atoms with Crippen LogP contribution in [0.15, 0.2) is 67.1 Å². The number of H-pyrrole nitrogens is 2. The predicted octanol–water partition coefficient (Wildman–Crippen LogP) is 5.02. The highest BCUT2D eigenvalue weighted by molar-refractivity contribution is 5.99. The van der Waals surface area contributed by atoms with Crippen LogP contribution in [-0.4, -0.2) is 67.4 Å². The Morgan fingerprint density at radius 3 is 2.76 bits per heavy atom. The predicted molar refractivity (Wildman–Crippen MR) is 143 cm³/mol. The summed E-state index contributed by atoms with van der Waals surface area (Å²) in [7, 11) is 3.92. The number of aromatic hydroxyl groups is 1. The number of ether oxygens (including phenoxy) is 1. The van der Waals surface area contributed by atoms with Crippen molar-refractivity contribution >= 4 is 22.1 Å². The summed E-state index contributed by atoms with van der Waals surface area (Å²) in [5.41, 5.74) is 6.22. The first-order chi connectivity index (χ1) is 18.4. The second-order valence-corrected chi connectivity index (χ2v) is 9.23. The number of aromatic nitrogens is 6. The Kier molecular flexibility index (Phi) is 5.93. The summed E-state index contributed by atoms with van der Waals surface area (Å²) in [4.78, 5) is 18.6.